The average molecular weight is 359 g/mol. The van der Waals surface area contributed by atoms with E-state index in [1.165, 1.54) is 0 Å². The van der Waals surface area contributed by atoms with E-state index in [0.29, 0.717) is 0 Å². The van der Waals surface area contributed by atoms with E-state index >= 15 is 0 Å². The molecule has 0 saturated carbocycles. The largest absolute Gasteiger partial charge is 0.497 e. The van der Waals surface area contributed by atoms with Crippen molar-refractivity contribution in [3.8, 4) is 5.75 Å². The molecule has 132 valence electrons. The molecule has 1 aromatic heterocycles. The summed E-state index contributed by atoms with van der Waals surface area (Å²) >= 11 is 1.62. The predicted molar refractivity (Wildman–Crippen MR) is 99.3 cm³/mol. The zero-order valence-corrected chi connectivity index (χ0v) is 15.1. The molecule has 25 heavy (non-hydrogen) atoms. The monoisotopic (exact) mass is 359 g/mol. The summed E-state index contributed by atoms with van der Waals surface area (Å²) in [6.07, 6.45) is 1.79. The Hall–Kier alpha value is -1.99. The summed E-state index contributed by atoms with van der Waals surface area (Å²) in [7, 11) is 1.65. The topological polar surface area (TPSA) is 68.6 Å². The maximum atomic E-state index is 12.7. The Kier molecular flexibility index (Phi) is 4.43. The van der Waals surface area contributed by atoms with Crippen LogP contribution < -0.4 is 10.3 Å². The normalized spacial score (nSPS) is 20.9. The van der Waals surface area contributed by atoms with Crippen LogP contribution >= 0.6 is 11.8 Å². The lowest BCUT2D eigenvalue weighted by atomic mass is 10.1. The van der Waals surface area contributed by atoms with Crippen LogP contribution in [0.2, 0.25) is 0 Å². The number of ether oxygens (including phenoxy) is 2. The first-order valence-corrected chi connectivity index (χ1v) is 9.33. The number of nitrogens with zero attached hydrogens (tertiary/aromatic N) is 2. The molecule has 0 amide bonds. The van der Waals surface area contributed by atoms with E-state index in [1.807, 2.05) is 35.9 Å². The van der Waals surface area contributed by atoms with Gasteiger partial charge in [-0.2, -0.15) is 0 Å². The molecule has 0 bridgehead atoms. The van der Waals surface area contributed by atoms with E-state index < -0.39 is 0 Å². The highest BCUT2D eigenvalue weighted by molar-refractivity contribution is 8.14. The fourth-order valence-corrected chi connectivity index (χ4v) is 4.53. The van der Waals surface area contributed by atoms with Crippen molar-refractivity contribution in [2.24, 2.45) is 4.99 Å². The van der Waals surface area contributed by atoms with Crippen LogP contribution in [0, 0.1) is 0 Å². The van der Waals surface area contributed by atoms with Gasteiger partial charge in [-0.1, -0.05) is 23.9 Å². The highest BCUT2D eigenvalue weighted by Crippen LogP contribution is 2.44. The van der Waals surface area contributed by atoms with Gasteiger partial charge in [0.15, 0.2) is 5.82 Å². The van der Waals surface area contributed by atoms with Crippen molar-refractivity contribution < 1.29 is 9.47 Å². The zero-order chi connectivity index (χ0) is 17.4. The Morgan fingerprint density at radius 1 is 1.28 bits per heavy atom. The summed E-state index contributed by atoms with van der Waals surface area (Å²) in [6.45, 7) is 3.44. The highest BCUT2D eigenvalue weighted by Gasteiger charge is 2.32. The number of hydrogen-bond donors (Lipinski definition) is 1. The van der Waals surface area contributed by atoms with Gasteiger partial charge in [-0.3, -0.25) is 14.6 Å². The number of aliphatic imine (C=N–C) groups is 1. The smallest absolute Gasteiger partial charge is 0.271 e. The van der Waals surface area contributed by atoms with Gasteiger partial charge in [0.25, 0.3) is 5.56 Å². The summed E-state index contributed by atoms with van der Waals surface area (Å²) in [5.74, 6) is 1.58. The number of fused-ring (bicyclic) bond motifs is 1. The van der Waals surface area contributed by atoms with Crippen LogP contribution in [0.3, 0.4) is 0 Å². The molecule has 2 aliphatic heterocycles. The van der Waals surface area contributed by atoms with E-state index in [9.17, 15) is 4.79 Å². The SMILES string of the molecule is COc1ccc([C@H]2SC(C)=Nc3c2c(=O)[nH]n3C2CCOCC2)cc1. The van der Waals surface area contributed by atoms with Crippen LogP contribution in [0.1, 0.15) is 42.2 Å². The van der Waals surface area contributed by atoms with Gasteiger partial charge in [-0.05, 0) is 37.5 Å². The van der Waals surface area contributed by atoms with E-state index in [0.717, 1.165) is 53.8 Å². The van der Waals surface area contributed by atoms with Gasteiger partial charge in [-0.15, -0.1) is 0 Å². The third kappa shape index (κ3) is 3.02. The molecule has 1 fully saturated rings. The molecule has 0 spiro atoms. The molecule has 1 atom stereocenters. The predicted octanol–water partition coefficient (Wildman–Crippen LogP) is 3.42. The van der Waals surface area contributed by atoms with Gasteiger partial charge < -0.3 is 9.47 Å². The summed E-state index contributed by atoms with van der Waals surface area (Å²) in [6, 6.07) is 8.14. The second-order valence-corrected chi connectivity index (χ2v) is 7.59. The number of H-pyrrole nitrogens is 1. The summed E-state index contributed by atoms with van der Waals surface area (Å²) < 4.78 is 12.6. The minimum absolute atomic E-state index is 0.0499. The number of aromatic nitrogens is 2. The third-order valence-electron chi connectivity index (χ3n) is 4.72. The van der Waals surface area contributed by atoms with Crippen molar-refractivity contribution in [3.63, 3.8) is 0 Å². The van der Waals surface area contributed by atoms with E-state index in [2.05, 4.69) is 5.10 Å². The maximum absolute atomic E-state index is 12.7. The van der Waals surface area contributed by atoms with Crippen LogP contribution in [0.25, 0.3) is 0 Å². The van der Waals surface area contributed by atoms with Crippen LogP contribution in [0.15, 0.2) is 34.1 Å². The van der Waals surface area contributed by atoms with Crippen LogP contribution in [-0.4, -0.2) is 35.1 Å². The first-order chi connectivity index (χ1) is 12.2. The second kappa shape index (κ2) is 6.72. The molecule has 1 saturated heterocycles. The number of rotatable bonds is 3. The number of aromatic amines is 1. The lowest BCUT2D eigenvalue weighted by Gasteiger charge is -2.26. The van der Waals surface area contributed by atoms with Gasteiger partial charge in [0.05, 0.1) is 29.0 Å². The van der Waals surface area contributed by atoms with Gasteiger partial charge >= 0.3 is 0 Å². The first kappa shape index (κ1) is 16.5. The minimum Gasteiger partial charge on any atom is -0.497 e. The lowest BCUT2D eigenvalue weighted by Crippen LogP contribution is -2.21. The minimum atomic E-state index is -0.0525. The quantitative estimate of drug-likeness (QED) is 0.912. The zero-order valence-electron chi connectivity index (χ0n) is 14.3. The Bertz CT molecular complexity index is 847. The Morgan fingerprint density at radius 2 is 2.00 bits per heavy atom. The van der Waals surface area contributed by atoms with Crippen molar-refractivity contribution in [1.29, 1.82) is 0 Å². The average Bonchev–Trinajstić information content (AvgIpc) is 2.98. The summed E-state index contributed by atoms with van der Waals surface area (Å²) in [5, 5.41) is 3.94. The maximum Gasteiger partial charge on any atom is 0.271 e. The highest BCUT2D eigenvalue weighted by atomic mass is 32.2. The van der Waals surface area contributed by atoms with E-state index in [1.54, 1.807) is 18.9 Å². The van der Waals surface area contributed by atoms with Crippen molar-refractivity contribution >= 4 is 22.6 Å². The number of methoxy groups -OCH3 is 1. The lowest BCUT2D eigenvalue weighted by molar-refractivity contribution is 0.0666. The van der Waals surface area contributed by atoms with Crippen LogP contribution in [0.5, 0.6) is 5.75 Å². The summed E-state index contributed by atoms with van der Waals surface area (Å²) in [5.41, 5.74) is 1.77. The number of benzene rings is 1. The van der Waals surface area contributed by atoms with E-state index in [4.69, 9.17) is 14.5 Å². The molecule has 0 unspecified atom stereocenters. The fraction of sp³-hybridized carbons (Fsp3) is 0.444. The van der Waals surface area contributed by atoms with Gasteiger partial charge in [0.2, 0.25) is 0 Å². The molecule has 2 aromatic rings. The van der Waals surface area contributed by atoms with E-state index in [-0.39, 0.29) is 16.9 Å². The third-order valence-corrected chi connectivity index (χ3v) is 5.90. The Labute approximate surface area is 150 Å². The molecule has 0 aliphatic carbocycles. The molecule has 6 nitrogen and oxygen atoms in total. The Morgan fingerprint density at radius 3 is 2.68 bits per heavy atom. The molecule has 1 N–H and O–H groups in total. The molecular weight excluding hydrogens is 338 g/mol. The number of hydrogen-bond acceptors (Lipinski definition) is 5. The standard InChI is InChI=1S/C18H21N3O3S/c1-11-19-17-15(16(25-11)12-3-5-14(23-2)6-4-12)18(22)20-21(17)13-7-9-24-10-8-13/h3-6,13,16H,7-10H2,1-2H3,(H,20,22)/t16-/m1/s1. The second-order valence-electron chi connectivity index (χ2n) is 6.29. The Balaban J connectivity index is 1.77. The molecule has 0 radical (unpaired) electrons. The van der Waals surface area contributed by atoms with Crippen LogP contribution in [-0.2, 0) is 4.74 Å². The van der Waals surface area contributed by atoms with Crippen molar-refractivity contribution in [2.45, 2.75) is 31.1 Å². The molecular formula is C18H21N3O3S. The summed E-state index contributed by atoms with van der Waals surface area (Å²) in [4.78, 5) is 17.4. The van der Waals surface area contributed by atoms with Crippen molar-refractivity contribution in [1.82, 2.24) is 9.78 Å². The number of nitrogens with one attached hydrogen (secondary N) is 1. The number of thioether (sulfide) groups is 1. The van der Waals surface area contributed by atoms with Crippen LogP contribution in [0.4, 0.5) is 5.82 Å². The van der Waals surface area contributed by atoms with Gasteiger partial charge in [-0.25, -0.2) is 4.99 Å². The molecule has 4 rings (SSSR count). The van der Waals surface area contributed by atoms with Crippen molar-refractivity contribution in [3.05, 3.63) is 45.7 Å². The molecule has 2 aliphatic rings. The van der Waals surface area contributed by atoms with Crippen molar-refractivity contribution in [2.75, 3.05) is 20.3 Å². The fourth-order valence-electron chi connectivity index (χ4n) is 3.43. The van der Waals surface area contributed by atoms with Gasteiger partial charge in [0.1, 0.15) is 5.75 Å². The first-order valence-electron chi connectivity index (χ1n) is 8.45. The van der Waals surface area contributed by atoms with Gasteiger partial charge in [0, 0.05) is 13.2 Å². The molecule has 1 aromatic carbocycles. The molecule has 7 heteroatoms. The molecule has 3 heterocycles.